The summed E-state index contributed by atoms with van der Waals surface area (Å²) in [6.07, 6.45) is 1.74. The Balaban J connectivity index is 1.71. The largest absolute Gasteiger partial charge is 0.488 e. The molecule has 1 heterocycles. The fraction of sp³-hybridized carbons (Fsp3) is 0.158. The van der Waals surface area contributed by atoms with E-state index >= 15 is 0 Å². The summed E-state index contributed by atoms with van der Waals surface area (Å²) in [6, 6.07) is 13.2. The van der Waals surface area contributed by atoms with E-state index in [0.29, 0.717) is 23.1 Å². The van der Waals surface area contributed by atoms with Crippen molar-refractivity contribution in [1.29, 1.82) is 0 Å². The van der Waals surface area contributed by atoms with Crippen molar-refractivity contribution in [2.45, 2.75) is 13.5 Å². The lowest BCUT2D eigenvalue weighted by Gasteiger charge is -2.09. The second kappa shape index (κ2) is 8.45. The van der Waals surface area contributed by atoms with Crippen LogP contribution in [0.25, 0.3) is 6.08 Å². The van der Waals surface area contributed by atoms with E-state index in [9.17, 15) is 9.59 Å². The van der Waals surface area contributed by atoms with E-state index in [2.05, 4.69) is 22.6 Å². The van der Waals surface area contributed by atoms with Gasteiger partial charge in [-0.25, -0.2) is 0 Å². The molecule has 0 saturated carbocycles. The van der Waals surface area contributed by atoms with Crippen molar-refractivity contribution in [3.05, 3.63) is 67.1 Å². The molecule has 0 atom stereocenters. The minimum absolute atomic E-state index is 0.221. The maximum Gasteiger partial charge on any atom is 0.293 e. The molecule has 1 aliphatic rings. The molecule has 3 rings (SSSR count). The van der Waals surface area contributed by atoms with Crippen molar-refractivity contribution in [1.82, 2.24) is 4.90 Å². The summed E-state index contributed by atoms with van der Waals surface area (Å²) in [5, 5.41) is 0.474. The van der Waals surface area contributed by atoms with E-state index in [1.165, 1.54) is 4.90 Å². The van der Waals surface area contributed by atoms with Crippen LogP contribution in [0.3, 0.4) is 0 Å². The van der Waals surface area contributed by atoms with Gasteiger partial charge in [0.15, 0.2) is 0 Å². The number of nitrogens with zero attached hydrogens (tertiary/aromatic N) is 1. The van der Waals surface area contributed by atoms with Gasteiger partial charge < -0.3 is 4.74 Å². The Kier molecular flexibility index (Phi) is 6.26. The summed E-state index contributed by atoms with van der Waals surface area (Å²) >= 11 is 9.05. The van der Waals surface area contributed by atoms with Crippen molar-refractivity contribution >= 4 is 63.2 Å². The van der Waals surface area contributed by atoms with Crippen LogP contribution in [0.1, 0.15) is 18.1 Å². The van der Waals surface area contributed by atoms with Crippen LogP contribution < -0.4 is 4.74 Å². The predicted octanol–water partition coefficient (Wildman–Crippen LogP) is 5.58. The number of thioether (sulfide) groups is 1. The molecule has 4 nitrogen and oxygen atoms in total. The Hall–Kier alpha value is -1.51. The average molecular weight is 500 g/mol. The quantitative estimate of drug-likeness (QED) is 0.398. The molecule has 0 unspecified atom stereocenters. The lowest BCUT2D eigenvalue weighted by molar-refractivity contribution is -0.122. The third-order valence-electron chi connectivity index (χ3n) is 3.75. The van der Waals surface area contributed by atoms with Crippen molar-refractivity contribution < 1.29 is 14.3 Å². The molecule has 1 fully saturated rings. The maximum absolute atomic E-state index is 12.2. The van der Waals surface area contributed by atoms with E-state index in [-0.39, 0.29) is 11.1 Å². The second-order valence-corrected chi connectivity index (χ2v) is 8.12. The number of hydrogen-bond acceptors (Lipinski definition) is 4. The zero-order valence-corrected chi connectivity index (χ0v) is 17.6. The number of rotatable bonds is 5. The van der Waals surface area contributed by atoms with Gasteiger partial charge in [0.1, 0.15) is 12.4 Å². The number of amides is 2. The highest BCUT2D eigenvalue weighted by Gasteiger charge is 2.33. The van der Waals surface area contributed by atoms with Crippen LogP contribution in [-0.4, -0.2) is 22.6 Å². The van der Waals surface area contributed by atoms with Crippen molar-refractivity contribution in [3.63, 3.8) is 0 Å². The highest BCUT2D eigenvalue weighted by Crippen LogP contribution is 2.33. The molecule has 2 aromatic rings. The molecular weight excluding hydrogens is 485 g/mol. The number of halogens is 2. The molecule has 0 bridgehead atoms. The van der Waals surface area contributed by atoms with Gasteiger partial charge in [0, 0.05) is 11.6 Å². The SMILES string of the molecule is CCN1C(=O)S/C(=C/c2ccc(OCc3ccc(Cl)cc3)c(I)c2)C1=O. The van der Waals surface area contributed by atoms with E-state index in [1.807, 2.05) is 42.5 Å². The van der Waals surface area contributed by atoms with Crippen LogP contribution in [0.5, 0.6) is 5.75 Å². The minimum atomic E-state index is -0.236. The van der Waals surface area contributed by atoms with Crippen LogP contribution in [0.4, 0.5) is 4.79 Å². The van der Waals surface area contributed by atoms with Gasteiger partial charge >= 0.3 is 0 Å². The molecular formula is C19H15ClINO3S. The molecule has 0 N–H and O–H groups in total. The molecule has 1 saturated heterocycles. The fourth-order valence-corrected chi connectivity index (χ4v) is 4.11. The summed E-state index contributed by atoms with van der Waals surface area (Å²) in [5.41, 5.74) is 1.89. The Bertz CT molecular complexity index is 883. The Morgan fingerprint density at radius 1 is 1.19 bits per heavy atom. The molecule has 1 aliphatic heterocycles. The number of likely N-dealkylation sites (N-methyl/N-ethyl adjacent to an activating group) is 1. The minimum Gasteiger partial charge on any atom is -0.488 e. The summed E-state index contributed by atoms with van der Waals surface area (Å²) in [6.45, 7) is 2.62. The summed E-state index contributed by atoms with van der Waals surface area (Å²) in [7, 11) is 0. The molecule has 7 heteroatoms. The van der Waals surface area contributed by atoms with Gasteiger partial charge in [0.2, 0.25) is 0 Å². The summed E-state index contributed by atoms with van der Waals surface area (Å²) in [5.74, 6) is 0.528. The van der Waals surface area contributed by atoms with Crippen LogP contribution in [0.15, 0.2) is 47.4 Å². The lowest BCUT2D eigenvalue weighted by atomic mass is 10.2. The number of hydrogen-bond donors (Lipinski definition) is 0. The molecule has 2 aromatic carbocycles. The van der Waals surface area contributed by atoms with Gasteiger partial charge in [0.25, 0.3) is 11.1 Å². The number of carbonyl (C=O) groups excluding carboxylic acids is 2. The standard InChI is InChI=1S/C19H15ClINO3S/c1-2-22-18(23)17(26-19(22)24)10-13-5-8-16(15(21)9-13)25-11-12-3-6-14(20)7-4-12/h3-10H,2,11H2,1H3/b17-10+. The Morgan fingerprint density at radius 3 is 2.54 bits per heavy atom. The third kappa shape index (κ3) is 4.42. The number of imide groups is 1. The van der Waals surface area contributed by atoms with Gasteiger partial charge in [-0.2, -0.15) is 0 Å². The third-order valence-corrected chi connectivity index (χ3v) is 5.75. The van der Waals surface area contributed by atoms with Gasteiger partial charge in [-0.1, -0.05) is 29.8 Å². The summed E-state index contributed by atoms with van der Waals surface area (Å²) < 4.78 is 6.79. The van der Waals surface area contributed by atoms with Crippen molar-refractivity contribution in [3.8, 4) is 5.75 Å². The van der Waals surface area contributed by atoms with Gasteiger partial charge in [-0.3, -0.25) is 14.5 Å². The zero-order chi connectivity index (χ0) is 18.7. The second-order valence-electron chi connectivity index (χ2n) is 5.53. The first-order valence-corrected chi connectivity index (χ1v) is 10.2. The molecule has 0 aromatic heterocycles. The highest BCUT2D eigenvalue weighted by molar-refractivity contribution is 14.1. The van der Waals surface area contributed by atoms with Crippen LogP contribution >= 0.6 is 46.0 Å². The molecule has 0 aliphatic carbocycles. The van der Waals surface area contributed by atoms with Crippen LogP contribution in [0.2, 0.25) is 5.02 Å². The topological polar surface area (TPSA) is 46.6 Å². The first-order valence-electron chi connectivity index (χ1n) is 7.90. The highest BCUT2D eigenvalue weighted by atomic mass is 127. The number of carbonyl (C=O) groups is 2. The number of ether oxygens (including phenoxy) is 1. The molecule has 134 valence electrons. The monoisotopic (exact) mass is 499 g/mol. The smallest absolute Gasteiger partial charge is 0.293 e. The lowest BCUT2D eigenvalue weighted by Crippen LogP contribution is -2.27. The molecule has 0 spiro atoms. The normalized spacial score (nSPS) is 15.8. The van der Waals surface area contributed by atoms with E-state index in [1.54, 1.807) is 13.0 Å². The molecule has 26 heavy (non-hydrogen) atoms. The van der Waals surface area contributed by atoms with E-state index in [4.69, 9.17) is 16.3 Å². The maximum atomic E-state index is 12.2. The molecule has 0 radical (unpaired) electrons. The summed E-state index contributed by atoms with van der Waals surface area (Å²) in [4.78, 5) is 25.6. The first kappa shape index (κ1) is 19.3. The van der Waals surface area contributed by atoms with Gasteiger partial charge in [0.05, 0.1) is 8.48 Å². The van der Waals surface area contributed by atoms with Crippen LogP contribution in [-0.2, 0) is 11.4 Å². The molecule has 2 amide bonds. The van der Waals surface area contributed by atoms with E-state index < -0.39 is 0 Å². The van der Waals surface area contributed by atoms with Gasteiger partial charge in [-0.15, -0.1) is 0 Å². The van der Waals surface area contributed by atoms with Crippen LogP contribution in [0, 0.1) is 3.57 Å². The Morgan fingerprint density at radius 2 is 1.92 bits per heavy atom. The van der Waals surface area contributed by atoms with Crippen molar-refractivity contribution in [2.75, 3.05) is 6.54 Å². The fourth-order valence-electron chi connectivity index (χ4n) is 2.39. The average Bonchev–Trinajstić information content (AvgIpc) is 2.88. The zero-order valence-electron chi connectivity index (χ0n) is 13.9. The Labute approximate surface area is 174 Å². The van der Waals surface area contributed by atoms with E-state index in [0.717, 1.165) is 32.2 Å². The number of benzene rings is 2. The van der Waals surface area contributed by atoms with Gasteiger partial charge in [-0.05, 0) is 82.7 Å². The first-order chi connectivity index (χ1) is 12.5. The predicted molar refractivity (Wildman–Crippen MR) is 113 cm³/mol. The van der Waals surface area contributed by atoms with Crippen molar-refractivity contribution in [2.24, 2.45) is 0 Å².